The van der Waals surface area contributed by atoms with E-state index in [0.717, 1.165) is 0 Å². The van der Waals surface area contributed by atoms with Crippen molar-refractivity contribution >= 4 is 21.8 Å². The molecule has 0 bridgehead atoms. The maximum absolute atomic E-state index is 2.61. The molecule has 0 radical (unpaired) electrons. The fourth-order valence-corrected chi connectivity index (χ4v) is 27.2. The third kappa shape index (κ3) is 11.1. The van der Waals surface area contributed by atoms with E-state index >= 15 is 0 Å². The van der Waals surface area contributed by atoms with Crippen LogP contribution in [-0.2, 0) is 18.5 Å². The maximum atomic E-state index is 2.61. The van der Waals surface area contributed by atoms with Crippen LogP contribution in [0.25, 0.3) is 0 Å². The van der Waals surface area contributed by atoms with Gasteiger partial charge in [0.1, 0.15) is 0 Å². The average molecular weight is 643 g/mol. The molecular weight excluding hydrogens is 561 g/mol. The van der Waals surface area contributed by atoms with E-state index in [4.69, 9.17) is 0 Å². The van der Waals surface area contributed by atoms with Crippen LogP contribution in [0.1, 0.15) is 153 Å². The Morgan fingerprint density at radius 3 is 0.548 bits per heavy atom. The molecular formula is C39H81P3. The summed E-state index contributed by atoms with van der Waals surface area (Å²) in [4.78, 5) is 0. The van der Waals surface area contributed by atoms with Crippen LogP contribution in [0.3, 0.4) is 0 Å². The third-order valence-corrected chi connectivity index (χ3v) is 28.8. The van der Waals surface area contributed by atoms with Crippen LogP contribution >= 0.6 is 21.8 Å². The predicted molar refractivity (Wildman–Crippen MR) is 213 cm³/mol. The molecule has 0 unspecified atom stereocenters. The Balaban J connectivity index is 4.08. The second-order valence-corrected chi connectivity index (χ2v) is 29.7. The number of hydrogen-bond acceptors (Lipinski definition) is 0. The summed E-state index contributed by atoms with van der Waals surface area (Å²) in [6.45, 7) is 30.1. The van der Waals surface area contributed by atoms with Gasteiger partial charge in [-0.05, 0) is 0 Å². The van der Waals surface area contributed by atoms with Gasteiger partial charge in [0, 0.05) is 0 Å². The van der Waals surface area contributed by atoms with Gasteiger partial charge in [-0.1, -0.05) is 0 Å². The minimum atomic E-state index is -1.35. The molecule has 0 N–H and O–H groups in total. The Morgan fingerprint density at radius 1 is 0.286 bits per heavy atom. The van der Waals surface area contributed by atoms with Crippen molar-refractivity contribution in [2.45, 2.75) is 159 Å². The molecule has 0 amide bonds. The van der Waals surface area contributed by atoms with E-state index in [1.54, 1.807) is 16.7 Å². The van der Waals surface area contributed by atoms with Crippen molar-refractivity contribution in [3.8, 4) is 0 Å². The van der Waals surface area contributed by atoms with Gasteiger partial charge in [0.05, 0.1) is 0 Å². The second kappa shape index (κ2) is 20.6. The first-order valence-electron chi connectivity index (χ1n) is 19.2. The fraction of sp³-hybridized carbons (Fsp3) is 0.846. The molecule has 0 nitrogen and oxygen atoms in total. The Labute approximate surface area is 269 Å². The van der Waals surface area contributed by atoms with Gasteiger partial charge in [-0.15, -0.1) is 0 Å². The van der Waals surface area contributed by atoms with Gasteiger partial charge in [-0.2, -0.15) is 0 Å². The standard InChI is InChI=1S/C39H81P3/c1-13-22-40(23-14-2,24-15-3)31-37-34(10)38(32-41(25-16-4,26-17-5)27-18-6)36(12)39(35(37)11)33-42(28-19-7,29-20-8)30-21-9/h40-42H,13-33H2,1-12H3. The van der Waals surface area contributed by atoms with Crippen LogP contribution in [0.2, 0.25) is 0 Å². The molecule has 0 aliphatic carbocycles. The Morgan fingerprint density at radius 2 is 0.429 bits per heavy atom. The molecule has 0 heterocycles. The van der Waals surface area contributed by atoms with Gasteiger partial charge in [0.15, 0.2) is 0 Å². The zero-order valence-electron chi connectivity index (χ0n) is 31.3. The SMILES string of the molecule is CCC[PH](CCC)(CCC)Cc1c(C)c(C[PH](CCC)(CCC)CCC)c(C)c(C[PH](CCC)(CCC)CCC)c1C. The van der Waals surface area contributed by atoms with Gasteiger partial charge >= 0.3 is 270 Å². The molecule has 0 aliphatic heterocycles. The summed E-state index contributed by atoms with van der Waals surface area (Å²) in [6, 6.07) is 0. The summed E-state index contributed by atoms with van der Waals surface area (Å²) >= 11 is 0. The van der Waals surface area contributed by atoms with E-state index in [0.29, 0.717) is 0 Å². The molecule has 0 fully saturated rings. The van der Waals surface area contributed by atoms with Crippen molar-refractivity contribution in [3.63, 3.8) is 0 Å². The molecule has 1 aromatic carbocycles. The Kier molecular flexibility index (Phi) is 19.9. The molecule has 0 saturated heterocycles. The zero-order chi connectivity index (χ0) is 31.8. The molecule has 0 aliphatic rings. The molecule has 3 heteroatoms. The first kappa shape index (κ1) is 40.5. The average Bonchev–Trinajstić information content (AvgIpc) is 2.93. The monoisotopic (exact) mass is 643 g/mol. The number of rotatable bonds is 24. The number of hydrogen-bond donors (Lipinski definition) is 0. The summed E-state index contributed by atoms with van der Waals surface area (Å²) in [5.41, 5.74) is 10.9. The van der Waals surface area contributed by atoms with Crippen molar-refractivity contribution in [1.29, 1.82) is 0 Å². The van der Waals surface area contributed by atoms with E-state index < -0.39 is 21.8 Å². The summed E-state index contributed by atoms with van der Waals surface area (Å²) in [6.07, 6.45) is 30.7. The minimum absolute atomic E-state index is 1.35. The molecule has 0 saturated carbocycles. The summed E-state index contributed by atoms with van der Waals surface area (Å²) in [5.74, 6) is 0. The molecule has 0 aromatic heterocycles. The summed E-state index contributed by atoms with van der Waals surface area (Å²) in [5, 5.41) is 0. The topological polar surface area (TPSA) is 0 Å². The van der Waals surface area contributed by atoms with Gasteiger partial charge in [0.25, 0.3) is 0 Å². The van der Waals surface area contributed by atoms with E-state index in [-0.39, 0.29) is 0 Å². The van der Waals surface area contributed by atoms with Gasteiger partial charge in [-0.3, -0.25) is 0 Å². The van der Waals surface area contributed by atoms with Gasteiger partial charge in [-0.25, -0.2) is 0 Å². The second-order valence-electron chi connectivity index (χ2n) is 15.1. The van der Waals surface area contributed by atoms with Crippen LogP contribution in [0, 0.1) is 20.8 Å². The molecule has 42 heavy (non-hydrogen) atoms. The Bertz CT molecular complexity index is 700. The van der Waals surface area contributed by atoms with E-state index in [9.17, 15) is 0 Å². The van der Waals surface area contributed by atoms with Crippen molar-refractivity contribution in [2.24, 2.45) is 0 Å². The molecule has 0 atom stereocenters. The van der Waals surface area contributed by atoms with Crippen LogP contribution in [-0.4, -0.2) is 55.5 Å². The zero-order valence-corrected chi connectivity index (χ0v) is 34.3. The first-order valence-corrected chi connectivity index (χ1v) is 27.7. The molecule has 252 valence electrons. The predicted octanol–water partition coefficient (Wildman–Crippen LogP) is 13.1. The quantitative estimate of drug-likeness (QED) is 0.0984. The van der Waals surface area contributed by atoms with Crippen molar-refractivity contribution in [3.05, 3.63) is 33.4 Å². The molecule has 1 rings (SSSR count). The summed E-state index contributed by atoms with van der Waals surface area (Å²) < 4.78 is 0. The third-order valence-electron chi connectivity index (χ3n) is 11.4. The molecule has 0 spiro atoms. The fourth-order valence-electron chi connectivity index (χ4n) is 10.0. The van der Waals surface area contributed by atoms with Crippen LogP contribution < -0.4 is 0 Å². The van der Waals surface area contributed by atoms with E-state index in [1.807, 2.05) is 16.7 Å². The van der Waals surface area contributed by atoms with Crippen LogP contribution in [0.4, 0.5) is 0 Å². The van der Waals surface area contributed by atoms with Crippen LogP contribution in [0.15, 0.2) is 0 Å². The van der Waals surface area contributed by atoms with Crippen molar-refractivity contribution in [1.82, 2.24) is 0 Å². The van der Waals surface area contributed by atoms with Gasteiger partial charge < -0.3 is 0 Å². The summed E-state index contributed by atoms with van der Waals surface area (Å²) in [7, 11) is -4.04. The van der Waals surface area contributed by atoms with Gasteiger partial charge in [0.2, 0.25) is 0 Å². The normalized spacial score (nSPS) is 14.0. The van der Waals surface area contributed by atoms with Crippen LogP contribution in [0.5, 0.6) is 0 Å². The van der Waals surface area contributed by atoms with E-state index in [1.165, 1.54) is 132 Å². The molecule has 1 aromatic rings. The number of benzene rings is 1. The van der Waals surface area contributed by atoms with Crippen molar-refractivity contribution in [2.75, 3.05) is 55.5 Å². The van der Waals surface area contributed by atoms with Crippen molar-refractivity contribution < 1.29 is 0 Å². The first-order chi connectivity index (χ1) is 20.1. The van der Waals surface area contributed by atoms with E-state index in [2.05, 4.69) is 83.1 Å². The Hall–Kier alpha value is 0.510.